The molecule has 0 bridgehead atoms. The molecule has 1 aliphatic carbocycles. The molecule has 2 saturated heterocycles. The molecule has 0 radical (unpaired) electrons. The highest BCUT2D eigenvalue weighted by Crippen LogP contribution is 2.30. The summed E-state index contributed by atoms with van der Waals surface area (Å²) in [5.41, 5.74) is 0. The first-order chi connectivity index (χ1) is 14.9. The van der Waals surface area contributed by atoms with Gasteiger partial charge in [-0.1, -0.05) is 6.92 Å². The Morgan fingerprint density at radius 1 is 1.06 bits per heavy atom. The van der Waals surface area contributed by atoms with Crippen molar-refractivity contribution in [2.45, 2.75) is 56.4 Å². The molecule has 8 nitrogen and oxygen atoms in total. The summed E-state index contributed by atoms with van der Waals surface area (Å²) in [6.07, 6.45) is 7.57. The highest BCUT2D eigenvalue weighted by molar-refractivity contribution is 7.89. The van der Waals surface area contributed by atoms with Gasteiger partial charge in [-0.25, -0.2) is 13.4 Å². The average Bonchev–Trinajstić information content (AvgIpc) is 2.81. The Labute approximate surface area is 185 Å². The molecule has 1 aromatic heterocycles. The maximum Gasteiger partial charge on any atom is 0.246 e. The fourth-order valence-electron chi connectivity index (χ4n) is 4.82. The Morgan fingerprint density at radius 3 is 2.42 bits per heavy atom. The minimum absolute atomic E-state index is 0.0152. The minimum Gasteiger partial charge on any atom is -0.379 e. The molecule has 0 spiro atoms. The monoisotopic (exact) mass is 450 g/mol. The van der Waals surface area contributed by atoms with E-state index in [4.69, 9.17) is 4.74 Å². The van der Waals surface area contributed by atoms with Crippen LogP contribution in [0.1, 0.15) is 45.4 Å². The second-order valence-electron chi connectivity index (χ2n) is 9.07. The SMILES string of the molecule is CC1CCC(NC(=O)C2CCN(c3ncccc3S(=O)(=O)N3CCOCC3)CC2)CC1. The lowest BCUT2D eigenvalue weighted by atomic mass is 9.86. The number of hydrogen-bond donors (Lipinski definition) is 1. The van der Waals surface area contributed by atoms with Crippen LogP contribution in [0.15, 0.2) is 23.2 Å². The van der Waals surface area contributed by atoms with Crippen LogP contribution in [0, 0.1) is 11.8 Å². The van der Waals surface area contributed by atoms with E-state index in [9.17, 15) is 13.2 Å². The Morgan fingerprint density at radius 2 is 1.74 bits per heavy atom. The highest BCUT2D eigenvalue weighted by atomic mass is 32.2. The van der Waals surface area contributed by atoms with Gasteiger partial charge in [0.1, 0.15) is 10.7 Å². The molecule has 2 aliphatic heterocycles. The molecule has 1 saturated carbocycles. The number of rotatable bonds is 5. The minimum atomic E-state index is -3.63. The van der Waals surface area contributed by atoms with Crippen LogP contribution in [0.25, 0.3) is 0 Å². The largest absolute Gasteiger partial charge is 0.379 e. The van der Waals surface area contributed by atoms with Gasteiger partial charge in [0.15, 0.2) is 0 Å². The fraction of sp³-hybridized carbons (Fsp3) is 0.727. The van der Waals surface area contributed by atoms with E-state index < -0.39 is 10.0 Å². The van der Waals surface area contributed by atoms with Gasteiger partial charge < -0.3 is 15.0 Å². The van der Waals surface area contributed by atoms with Gasteiger partial charge in [0.2, 0.25) is 15.9 Å². The predicted molar refractivity (Wildman–Crippen MR) is 118 cm³/mol. The Bertz CT molecular complexity index is 856. The molecule has 3 fully saturated rings. The molecule has 0 aromatic carbocycles. The van der Waals surface area contributed by atoms with E-state index in [0.29, 0.717) is 64.1 Å². The van der Waals surface area contributed by atoms with E-state index in [2.05, 4.69) is 17.2 Å². The topological polar surface area (TPSA) is 91.8 Å². The number of anilines is 1. The summed E-state index contributed by atoms with van der Waals surface area (Å²) in [4.78, 5) is 19.4. The average molecular weight is 451 g/mol. The summed E-state index contributed by atoms with van der Waals surface area (Å²) in [5, 5.41) is 3.25. The van der Waals surface area contributed by atoms with Gasteiger partial charge in [-0.05, 0) is 56.6 Å². The lowest BCUT2D eigenvalue weighted by molar-refractivity contribution is -0.126. The van der Waals surface area contributed by atoms with Crippen molar-refractivity contribution in [3.63, 3.8) is 0 Å². The van der Waals surface area contributed by atoms with Gasteiger partial charge in [0, 0.05) is 44.3 Å². The summed E-state index contributed by atoms with van der Waals surface area (Å²) in [7, 11) is -3.63. The first-order valence-electron chi connectivity index (χ1n) is 11.5. The van der Waals surface area contributed by atoms with E-state index >= 15 is 0 Å². The summed E-state index contributed by atoms with van der Waals surface area (Å²) in [6, 6.07) is 3.61. The molecule has 1 aromatic rings. The molecule has 4 rings (SSSR count). The van der Waals surface area contributed by atoms with Crippen molar-refractivity contribution in [3.8, 4) is 0 Å². The molecular weight excluding hydrogens is 416 g/mol. The van der Waals surface area contributed by atoms with Crippen LogP contribution < -0.4 is 10.2 Å². The van der Waals surface area contributed by atoms with E-state index in [-0.39, 0.29) is 16.7 Å². The number of ether oxygens (including phenoxy) is 1. The van der Waals surface area contributed by atoms with Gasteiger partial charge in [0.25, 0.3) is 0 Å². The lowest BCUT2D eigenvalue weighted by Gasteiger charge is -2.35. The number of amides is 1. The quantitative estimate of drug-likeness (QED) is 0.738. The van der Waals surface area contributed by atoms with Crippen molar-refractivity contribution in [3.05, 3.63) is 18.3 Å². The zero-order chi connectivity index (χ0) is 21.8. The molecule has 31 heavy (non-hydrogen) atoms. The molecule has 9 heteroatoms. The summed E-state index contributed by atoms with van der Waals surface area (Å²) >= 11 is 0. The van der Waals surface area contributed by atoms with E-state index in [1.807, 2.05) is 4.90 Å². The van der Waals surface area contributed by atoms with Gasteiger partial charge in [-0.2, -0.15) is 4.31 Å². The van der Waals surface area contributed by atoms with Crippen LogP contribution in [-0.2, 0) is 19.6 Å². The molecule has 0 unspecified atom stereocenters. The zero-order valence-corrected chi connectivity index (χ0v) is 19.1. The second kappa shape index (κ2) is 9.83. The first-order valence-corrected chi connectivity index (χ1v) is 13.0. The molecule has 172 valence electrons. The third-order valence-corrected chi connectivity index (χ3v) is 8.79. The molecule has 3 aliphatic rings. The fourth-order valence-corrected chi connectivity index (χ4v) is 6.40. The van der Waals surface area contributed by atoms with Crippen LogP contribution in [-0.4, -0.2) is 69.0 Å². The number of hydrogen-bond acceptors (Lipinski definition) is 6. The Kier molecular flexibility index (Phi) is 7.13. The zero-order valence-electron chi connectivity index (χ0n) is 18.3. The number of sulfonamides is 1. The Hall–Kier alpha value is -1.71. The number of pyridine rings is 1. The standard InChI is InChI=1S/C22H34N4O4S/c1-17-4-6-19(7-5-17)24-22(27)18-8-11-25(12-9-18)21-20(3-2-10-23-21)31(28,29)26-13-15-30-16-14-26/h2-3,10,17-19H,4-9,11-16H2,1H3,(H,24,27). The van der Waals surface area contributed by atoms with Gasteiger partial charge >= 0.3 is 0 Å². The van der Waals surface area contributed by atoms with Crippen molar-refractivity contribution < 1.29 is 17.9 Å². The molecule has 1 N–H and O–H groups in total. The smallest absolute Gasteiger partial charge is 0.246 e. The molecule has 3 heterocycles. The lowest BCUT2D eigenvalue weighted by Crippen LogP contribution is -2.45. The van der Waals surface area contributed by atoms with Crippen molar-refractivity contribution in [2.75, 3.05) is 44.3 Å². The number of carbonyl (C=O) groups excluding carboxylic acids is 1. The van der Waals surface area contributed by atoms with E-state index in [1.165, 1.54) is 17.1 Å². The number of morpholine rings is 1. The third kappa shape index (κ3) is 5.21. The van der Waals surface area contributed by atoms with Crippen LogP contribution in [0.5, 0.6) is 0 Å². The number of nitrogens with one attached hydrogen (secondary N) is 1. The molecule has 0 atom stereocenters. The van der Waals surface area contributed by atoms with Crippen molar-refractivity contribution >= 4 is 21.7 Å². The second-order valence-corrected chi connectivity index (χ2v) is 11.0. The van der Waals surface area contributed by atoms with Crippen LogP contribution in [0.3, 0.4) is 0 Å². The molecular formula is C22H34N4O4S. The highest BCUT2D eigenvalue weighted by Gasteiger charge is 2.33. The van der Waals surface area contributed by atoms with Crippen LogP contribution in [0.4, 0.5) is 5.82 Å². The maximum absolute atomic E-state index is 13.2. The summed E-state index contributed by atoms with van der Waals surface area (Å²) in [6.45, 7) is 5.08. The van der Waals surface area contributed by atoms with E-state index in [0.717, 1.165) is 18.8 Å². The number of nitrogens with zero attached hydrogens (tertiary/aromatic N) is 3. The van der Waals surface area contributed by atoms with Crippen molar-refractivity contribution in [1.29, 1.82) is 0 Å². The van der Waals surface area contributed by atoms with Gasteiger partial charge in [-0.3, -0.25) is 4.79 Å². The number of aromatic nitrogens is 1. The van der Waals surface area contributed by atoms with Crippen LogP contribution >= 0.6 is 0 Å². The summed E-state index contributed by atoms with van der Waals surface area (Å²) in [5.74, 6) is 1.40. The van der Waals surface area contributed by atoms with Gasteiger partial charge in [-0.15, -0.1) is 0 Å². The van der Waals surface area contributed by atoms with Crippen LogP contribution in [0.2, 0.25) is 0 Å². The maximum atomic E-state index is 13.2. The number of piperidine rings is 1. The third-order valence-electron chi connectivity index (χ3n) is 6.87. The van der Waals surface area contributed by atoms with E-state index in [1.54, 1.807) is 18.3 Å². The van der Waals surface area contributed by atoms with Crippen molar-refractivity contribution in [2.24, 2.45) is 11.8 Å². The van der Waals surface area contributed by atoms with Crippen molar-refractivity contribution in [1.82, 2.24) is 14.6 Å². The molecule has 1 amide bonds. The number of carbonyl (C=O) groups is 1. The predicted octanol–water partition coefficient (Wildman–Crippen LogP) is 2.01. The summed E-state index contributed by atoms with van der Waals surface area (Å²) < 4.78 is 33.2. The normalized spacial score (nSPS) is 26.5. The van der Waals surface area contributed by atoms with Gasteiger partial charge in [0.05, 0.1) is 13.2 Å². The Balaban J connectivity index is 1.38. The first kappa shape index (κ1) is 22.5.